The number of phenols is 1. The lowest BCUT2D eigenvalue weighted by Gasteiger charge is -2.29. The first-order valence-corrected chi connectivity index (χ1v) is 10.4. The summed E-state index contributed by atoms with van der Waals surface area (Å²) in [5, 5.41) is 26.3. The third-order valence-electron chi connectivity index (χ3n) is 6.29. The molecule has 4 rings (SSSR count). The fourth-order valence-electron chi connectivity index (χ4n) is 4.88. The lowest BCUT2D eigenvalue weighted by atomic mass is 9.77. The van der Waals surface area contributed by atoms with E-state index in [0.29, 0.717) is 25.1 Å². The number of phenolic OH excluding ortho intramolecular Hbond substituents is 1. The van der Waals surface area contributed by atoms with Gasteiger partial charge in [-0.05, 0) is 37.0 Å². The number of nitrogens with one attached hydrogen (secondary N) is 1. The van der Waals surface area contributed by atoms with E-state index in [9.17, 15) is 19.8 Å². The molecule has 0 spiro atoms. The van der Waals surface area contributed by atoms with Gasteiger partial charge in [-0.1, -0.05) is 6.07 Å². The molecule has 10 nitrogen and oxygen atoms in total. The molecule has 2 aliphatic rings. The number of aromatic hydroxyl groups is 1. The number of carbonyl (C=O) groups is 3. The minimum Gasteiger partial charge on any atom is -0.507 e. The van der Waals surface area contributed by atoms with Gasteiger partial charge >= 0.3 is 5.97 Å². The number of imidazole rings is 1. The number of nitrogens with zero attached hydrogens (tertiary/aromatic N) is 3. The Balaban J connectivity index is 0.000000913. The molecule has 1 amide bonds. The van der Waals surface area contributed by atoms with E-state index in [1.807, 2.05) is 13.0 Å². The summed E-state index contributed by atoms with van der Waals surface area (Å²) in [6, 6.07) is 5.07. The number of amides is 1. The fourth-order valence-corrected chi connectivity index (χ4v) is 4.88. The zero-order chi connectivity index (χ0) is 23.3. The van der Waals surface area contributed by atoms with Crippen LogP contribution in [0.4, 0.5) is 0 Å². The van der Waals surface area contributed by atoms with Gasteiger partial charge in [-0.15, -0.1) is 0 Å². The van der Waals surface area contributed by atoms with Crippen molar-refractivity contribution in [2.45, 2.75) is 26.3 Å². The Kier molecular flexibility index (Phi) is 7.14. The van der Waals surface area contributed by atoms with Gasteiger partial charge in [0.1, 0.15) is 5.75 Å². The summed E-state index contributed by atoms with van der Waals surface area (Å²) in [5.74, 6) is -0.799. The average Bonchev–Trinajstić information content (AvgIpc) is 3.42. The minimum absolute atomic E-state index is 0.00693. The Labute approximate surface area is 185 Å². The molecule has 2 saturated heterocycles. The van der Waals surface area contributed by atoms with Gasteiger partial charge in [-0.3, -0.25) is 19.3 Å². The molecule has 0 radical (unpaired) electrons. The zero-order valence-corrected chi connectivity index (χ0v) is 17.9. The van der Waals surface area contributed by atoms with Crippen molar-refractivity contribution in [3.05, 3.63) is 47.5 Å². The number of aliphatic carboxylic acids is 1. The average molecular weight is 444 g/mol. The van der Waals surface area contributed by atoms with Crippen LogP contribution in [0.1, 0.15) is 34.5 Å². The normalized spacial score (nSPS) is 22.2. The molecule has 2 atom stereocenters. The van der Waals surface area contributed by atoms with Crippen LogP contribution in [-0.4, -0.2) is 79.6 Å². The van der Waals surface area contributed by atoms with E-state index in [0.717, 1.165) is 30.9 Å². The highest BCUT2D eigenvalue weighted by Gasteiger charge is 2.53. The van der Waals surface area contributed by atoms with Gasteiger partial charge in [0, 0.05) is 56.5 Å². The first kappa shape index (κ1) is 23.3. The molecule has 2 aliphatic heterocycles. The summed E-state index contributed by atoms with van der Waals surface area (Å²) >= 11 is 0. The van der Waals surface area contributed by atoms with Gasteiger partial charge in [-0.2, -0.15) is 0 Å². The predicted octanol–water partition coefficient (Wildman–Crippen LogP) is 1.56. The van der Waals surface area contributed by atoms with Crippen LogP contribution in [0.5, 0.6) is 5.75 Å². The van der Waals surface area contributed by atoms with Crippen molar-refractivity contribution < 1.29 is 29.7 Å². The van der Waals surface area contributed by atoms with E-state index >= 15 is 0 Å². The second kappa shape index (κ2) is 9.82. The lowest BCUT2D eigenvalue weighted by molar-refractivity contribution is -0.137. The largest absolute Gasteiger partial charge is 0.507 e. The SMILES string of the molecule is Cc1ccc(C(=O)N2CC3CN(Cc4cnc[nH]4)CC3(CCC(=O)O)C2)c(O)c1.O=CO. The highest BCUT2D eigenvalue weighted by atomic mass is 16.4. The molecule has 2 aromatic rings. The van der Waals surface area contributed by atoms with Crippen molar-refractivity contribution in [3.8, 4) is 5.75 Å². The van der Waals surface area contributed by atoms with Crippen LogP contribution in [0.3, 0.4) is 0 Å². The summed E-state index contributed by atoms with van der Waals surface area (Å²) in [6.45, 7) is 4.99. The van der Waals surface area contributed by atoms with Crippen LogP contribution in [0, 0.1) is 18.3 Å². The van der Waals surface area contributed by atoms with Crippen LogP contribution >= 0.6 is 0 Å². The Morgan fingerprint density at radius 1 is 1.31 bits per heavy atom. The quantitative estimate of drug-likeness (QED) is 0.491. The summed E-state index contributed by atoms with van der Waals surface area (Å²) in [4.78, 5) is 43.9. The summed E-state index contributed by atoms with van der Waals surface area (Å²) in [6.07, 6.45) is 4.08. The van der Waals surface area contributed by atoms with Crippen LogP contribution in [0.15, 0.2) is 30.7 Å². The fraction of sp³-hybridized carbons (Fsp3) is 0.455. The number of aromatic nitrogens is 2. The van der Waals surface area contributed by atoms with Crippen molar-refractivity contribution in [1.82, 2.24) is 19.8 Å². The summed E-state index contributed by atoms with van der Waals surface area (Å²) in [5.41, 5.74) is 1.98. The van der Waals surface area contributed by atoms with Crippen molar-refractivity contribution in [3.63, 3.8) is 0 Å². The standard InChI is InChI=1S/C21H26N4O4.CH2O2/c1-14-2-3-17(18(26)6-14)20(29)25-9-15-8-24(10-16-7-22-13-23-16)11-21(15,12-25)5-4-19(27)28;2-1-3/h2-3,6-7,13,15,26H,4-5,8-12H2,1H3,(H,22,23)(H,27,28);1H,(H,2,3). The van der Waals surface area contributed by atoms with Gasteiger partial charge in [-0.25, -0.2) is 4.98 Å². The summed E-state index contributed by atoms with van der Waals surface area (Å²) < 4.78 is 0. The Hall–Kier alpha value is -3.40. The van der Waals surface area contributed by atoms with Crippen LogP contribution < -0.4 is 0 Å². The number of aryl methyl sites for hydroxylation is 1. The van der Waals surface area contributed by atoms with Crippen molar-refractivity contribution in [2.75, 3.05) is 26.2 Å². The van der Waals surface area contributed by atoms with E-state index in [1.54, 1.807) is 29.6 Å². The molecule has 2 fully saturated rings. The number of hydrogen-bond donors (Lipinski definition) is 4. The lowest BCUT2D eigenvalue weighted by Crippen LogP contribution is -2.37. The molecule has 172 valence electrons. The van der Waals surface area contributed by atoms with Crippen molar-refractivity contribution >= 4 is 18.3 Å². The minimum atomic E-state index is -0.814. The number of carboxylic acid groups (broad SMARTS) is 2. The van der Waals surface area contributed by atoms with Crippen molar-refractivity contribution in [2.24, 2.45) is 11.3 Å². The zero-order valence-electron chi connectivity index (χ0n) is 17.9. The molecular formula is C22H28N4O6. The second-order valence-electron chi connectivity index (χ2n) is 8.51. The molecular weight excluding hydrogens is 416 g/mol. The third kappa shape index (κ3) is 5.08. The van der Waals surface area contributed by atoms with Gasteiger partial charge in [0.25, 0.3) is 12.4 Å². The Morgan fingerprint density at radius 2 is 2.06 bits per heavy atom. The number of hydrogen-bond acceptors (Lipinski definition) is 6. The van der Waals surface area contributed by atoms with E-state index in [2.05, 4.69) is 14.9 Å². The van der Waals surface area contributed by atoms with Crippen LogP contribution in [-0.2, 0) is 16.1 Å². The smallest absolute Gasteiger partial charge is 0.303 e. The number of benzene rings is 1. The summed E-state index contributed by atoms with van der Waals surface area (Å²) in [7, 11) is 0. The van der Waals surface area contributed by atoms with E-state index in [4.69, 9.17) is 9.90 Å². The third-order valence-corrected chi connectivity index (χ3v) is 6.29. The molecule has 4 N–H and O–H groups in total. The molecule has 10 heteroatoms. The molecule has 0 bridgehead atoms. The second-order valence-corrected chi connectivity index (χ2v) is 8.51. The molecule has 2 unspecified atom stereocenters. The number of carboxylic acids is 1. The number of likely N-dealkylation sites (tertiary alicyclic amines) is 2. The number of rotatable bonds is 6. The molecule has 32 heavy (non-hydrogen) atoms. The number of H-pyrrole nitrogens is 1. The topological polar surface area (TPSA) is 147 Å². The van der Waals surface area contributed by atoms with E-state index in [1.165, 1.54) is 0 Å². The maximum atomic E-state index is 13.1. The van der Waals surface area contributed by atoms with Gasteiger partial charge in [0.15, 0.2) is 0 Å². The molecule has 0 saturated carbocycles. The monoisotopic (exact) mass is 444 g/mol. The van der Waals surface area contributed by atoms with E-state index < -0.39 is 5.97 Å². The van der Waals surface area contributed by atoms with Crippen molar-refractivity contribution in [1.29, 1.82) is 0 Å². The predicted molar refractivity (Wildman–Crippen MR) is 114 cm³/mol. The highest BCUT2D eigenvalue weighted by Crippen LogP contribution is 2.46. The highest BCUT2D eigenvalue weighted by molar-refractivity contribution is 5.97. The molecule has 0 aliphatic carbocycles. The van der Waals surface area contributed by atoms with Gasteiger partial charge < -0.3 is 25.2 Å². The van der Waals surface area contributed by atoms with Crippen LogP contribution in [0.2, 0.25) is 0 Å². The Bertz CT molecular complexity index is 963. The first-order chi connectivity index (χ1) is 15.3. The molecule has 3 heterocycles. The maximum absolute atomic E-state index is 13.1. The number of carbonyl (C=O) groups excluding carboxylic acids is 1. The first-order valence-electron chi connectivity index (χ1n) is 10.4. The van der Waals surface area contributed by atoms with Gasteiger partial charge in [0.05, 0.1) is 11.9 Å². The number of aromatic amines is 1. The number of fused-ring (bicyclic) bond motifs is 1. The van der Waals surface area contributed by atoms with Gasteiger partial charge in [0.2, 0.25) is 0 Å². The maximum Gasteiger partial charge on any atom is 0.303 e. The molecule has 1 aromatic carbocycles. The van der Waals surface area contributed by atoms with Crippen LogP contribution in [0.25, 0.3) is 0 Å². The molecule has 1 aromatic heterocycles. The Morgan fingerprint density at radius 3 is 2.69 bits per heavy atom. The van der Waals surface area contributed by atoms with E-state index in [-0.39, 0.29) is 35.9 Å².